The molecule has 27 heavy (non-hydrogen) atoms. The van der Waals surface area contributed by atoms with Crippen LogP contribution in [-0.2, 0) is 9.59 Å². The number of carbonyl (C=O) groups excluding carboxylic acids is 1. The maximum atomic E-state index is 12.5. The predicted octanol–water partition coefficient (Wildman–Crippen LogP) is 3.77. The van der Waals surface area contributed by atoms with Crippen LogP contribution in [0.25, 0.3) is 0 Å². The number of nitro benzene ring substituents is 1. The van der Waals surface area contributed by atoms with Gasteiger partial charge in [-0.15, -0.1) is 0 Å². The minimum atomic E-state index is -1.08. The number of aliphatic carboxylic acids is 1. The number of hydrogen-bond donors (Lipinski definition) is 1. The molecule has 0 radical (unpaired) electrons. The Morgan fingerprint density at radius 2 is 1.96 bits per heavy atom. The number of carboxylic acid groups (broad SMARTS) is 1. The van der Waals surface area contributed by atoms with Crippen LogP contribution >= 0.6 is 0 Å². The summed E-state index contributed by atoms with van der Waals surface area (Å²) in [6.07, 6.45) is 3.43. The lowest BCUT2D eigenvalue weighted by Gasteiger charge is -2.38. The molecule has 0 aromatic heterocycles. The smallest absolute Gasteiger partial charge is 0.334 e. The monoisotopic (exact) mass is 370 g/mol. The van der Waals surface area contributed by atoms with Gasteiger partial charge in [0.2, 0.25) is 0 Å². The highest BCUT2D eigenvalue weighted by atomic mass is 16.6. The Hall–Kier alpha value is -2.96. The lowest BCUT2D eigenvalue weighted by molar-refractivity contribution is -0.384. The van der Waals surface area contributed by atoms with Gasteiger partial charge in [-0.1, -0.05) is 18.6 Å². The standard InChI is InChI=1S/C20H22N2O5/c1-12-17(13(2)23)18(14-7-6-8-15(11-14)22(26)27)19(20(24)25)16-9-4-3-5-10-21(12)16/h6-8,11,18H,3-5,9-10H2,1-2H3,(H,24,25). The molecule has 0 spiro atoms. The normalized spacial score (nSPS) is 20.2. The molecule has 2 heterocycles. The zero-order valence-corrected chi connectivity index (χ0v) is 15.4. The first-order valence-corrected chi connectivity index (χ1v) is 9.02. The van der Waals surface area contributed by atoms with E-state index in [0.29, 0.717) is 24.1 Å². The van der Waals surface area contributed by atoms with Crippen molar-refractivity contribution in [2.75, 3.05) is 6.54 Å². The van der Waals surface area contributed by atoms with Crippen LogP contribution in [0.5, 0.6) is 0 Å². The summed E-state index contributed by atoms with van der Waals surface area (Å²) in [5.74, 6) is -2.10. The minimum Gasteiger partial charge on any atom is -0.478 e. The number of Topliss-reactive ketones (excluding diaryl/α,β-unsaturated/α-hetero) is 1. The molecule has 1 saturated heterocycles. The zero-order valence-electron chi connectivity index (χ0n) is 15.4. The van der Waals surface area contributed by atoms with Crippen LogP contribution in [0.1, 0.15) is 51.0 Å². The van der Waals surface area contributed by atoms with Crippen LogP contribution < -0.4 is 0 Å². The van der Waals surface area contributed by atoms with E-state index in [-0.39, 0.29) is 17.0 Å². The van der Waals surface area contributed by atoms with E-state index in [9.17, 15) is 24.8 Å². The number of allylic oxidation sites excluding steroid dienone is 3. The number of rotatable bonds is 4. The average Bonchev–Trinajstić information content (AvgIpc) is 2.87. The van der Waals surface area contributed by atoms with E-state index in [1.54, 1.807) is 6.07 Å². The summed E-state index contributed by atoms with van der Waals surface area (Å²) in [6.45, 7) is 3.94. The van der Waals surface area contributed by atoms with Crippen molar-refractivity contribution in [1.29, 1.82) is 0 Å². The number of hydrogen-bond acceptors (Lipinski definition) is 5. The Labute approximate surface area is 157 Å². The van der Waals surface area contributed by atoms with Gasteiger partial charge in [0.25, 0.3) is 5.69 Å². The summed E-state index contributed by atoms with van der Waals surface area (Å²) in [7, 11) is 0. The molecule has 0 saturated carbocycles. The highest BCUT2D eigenvalue weighted by Gasteiger charge is 2.39. The molecule has 1 aromatic rings. The van der Waals surface area contributed by atoms with Crippen LogP contribution in [-0.4, -0.2) is 33.2 Å². The summed E-state index contributed by atoms with van der Waals surface area (Å²) in [5, 5.41) is 21.2. The molecule has 3 rings (SSSR count). The van der Waals surface area contributed by atoms with Gasteiger partial charge in [-0.3, -0.25) is 14.9 Å². The maximum absolute atomic E-state index is 12.5. The molecular weight excluding hydrogens is 348 g/mol. The number of ketones is 1. The van der Waals surface area contributed by atoms with Gasteiger partial charge >= 0.3 is 5.97 Å². The second-order valence-electron chi connectivity index (χ2n) is 6.97. The molecule has 1 aromatic carbocycles. The predicted molar refractivity (Wildman–Crippen MR) is 99.1 cm³/mol. The van der Waals surface area contributed by atoms with Crippen molar-refractivity contribution in [3.63, 3.8) is 0 Å². The Bertz CT molecular complexity index is 884. The maximum Gasteiger partial charge on any atom is 0.334 e. The molecular formula is C20H22N2O5. The summed E-state index contributed by atoms with van der Waals surface area (Å²) in [4.78, 5) is 37.4. The van der Waals surface area contributed by atoms with Gasteiger partial charge in [-0.05, 0) is 38.7 Å². The Balaban J connectivity index is 2.28. The molecule has 0 aliphatic carbocycles. The Morgan fingerprint density at radius 3 is 2.59 bits per heavy atom. The highest BCUT2D eigenvalue weighted by Crippen LogP contribution is 2.45. The Kier molecular flexibility index (Phi) is 5.12. The molecule has 7 nitrogen and oxygen atoms in total. The molecule has 1 unspecified atom stereocenters. The van der Waals surface area contributed by atoms with Crippen molar-refractivity contribution >= 4 is 17.4 Å². The average molecular weight is 370 g/mol. The van der Waals surface area contributed by atoms with Crippen molar-refractivity contribution < 1.29 is 19.6 Å². The summed E-state index contributed by atoms with van der Waals surface area (Å²) < 4.78 is 0. The number of nitro groups is 1. The van der Waals surface area contributed by atoms with Crippen molar-refractivity contribution in [3.8, 4) is 0 Å². The number of carboxylic acids is 1. The van der Waals surface area contributed by atoms with E-state index in [1.165, 1.54) is 25.1 Å². The van der Waals surface area contributed by atoms with Gasteiger partial charge in [0, 0.05) is 41.6 Å². The lowest BCUT2D eigenvalue weighted by atomic mass is 9.77. The first kappa shape index (κ1) is 18.8. The third-order valence-corrected chi connectivity index (χ3v) is 5.33. The van der Waals surface area contributed by atoms with E-state index >= 15 is 0 Å². The highest BCUT2D eigenvalue weighted by molar-refractivity contribution is 6.01. The van der Waals surface area contributed by atoms with Crippen molar-refractivity contribution in [2.24, 2.45) is 0 Å². The summed E-state index contributed by atoms with van der Waals surface area (Å²) in [6, 6.07) is 5.92. The van der Waals surface area contributed by atoms with Crippen LogP contribution in [0.3, 0.4) is 0 Å². The molecule has 142 valence electrons. The third-order valence-electron chi connectivity index (χ3n) is 5.33. The summed E-state index contributed by atoms with van der Waals surface area (Å²) in [5.41, 5.74) is 2.38. The molecule has 0 bridgehead atoms. The molecule has 7 heteroatoms. The minimum absolute atomic E-state index is 0.119. The second kappa shape index (κ2) is 7.34. The SMILES string of the molecule is CC(=O)C1=C(C)N2CCCCCC2=C(C(=O)O)C1c1cccc([N+](=O)[O-])c1. The second-order valence-corrected chi connectivity index (χ2v) is 6.97. The van der Waals surface area contributed by atoms with E-state index in [1.807, 2.05) is 11.8 Å². The van der Waals surface area contributed by atoms with E-state index in [4.69, 9.17) is 0 Å². The van der Waals surface area contributed by atoms with Gasteiger partial charge in [-0.25, -0.2) is 4.79 Å². The molecule has 2 aliphatic rings. The summed E-state index contributed by atoms with van der Waals surface area (Å²) >= 11 is 0. The molecule has 1 atom stereocenters. The molecule has 1 fully saturated rings. The van der Waals surface area contributed by atoms with Gasteiger partial charge < -0.3 is 10.0 Å². The van der Waals surface area contributed by atoms with E-state index < -0.39 is 16.8 Å². The van der Waals surface area contributed by atoms with Crippen molar-refractivity contribution in [1.82, 2.24) is 4.90 Å². The van der Waals surface area contributed by atoms with E-state index in [0.717, 1.165) is 30.7 Å². The van der Waals surface area contributed by atoms with Crippen LogP contribution in [0.2, 0.25) is 0 Å². The first-order chi connectivity index (χ1) is 12.8. The fourth-order valence-electron chi connectivity index (χ4n) is 4.18. The zero-order chi connectivity index (χ0) is 19.7. The number of fused-ring (bicyclic) bond motifs is 1. The quantitative estimate of drug-likeness (QED) is 0.639. The van der Waals surface area contributed by atoms with Crippen molar-refractivity contribution in [2.45, 2.75) is 45.4 Å². The number of non-ortho nitro benzene ring substituents is 1. The number of nitrogens with zero attached hydrogens (tertiary/aromatic N) is 2. The Morgan fingerprint density at radius 1 is 1.22 bits per heavy atom. The van der Waals surface area contributed by atoms with Crippen molar-refractivity contribution in [3.05, 3.63) is 62.5 Å². The fourth-order valence-corrected chi connectivity index (χ4v) is 4.18. The largest absolute Gasteiger partial charge is 0.478 e. The van der Waals surface area contributed by atoms with Gasteiger partial charge in [0.05, 0.1) is 10.5 Å². The molecule has 1 N–H and O–H groups in total. The topological polar surface area (TPSA) is 101 Å². The molecule has 0 amide bonds. The number of benzene rings is 1. The van der Waals surface area contributed by atoms with E-state index in [2.05, 4.69) is 0 Å². The van der Waals surface area contributed by atoms with Gasteiger partial charge in [-0.2, -0.15) is 0 Å². The first-order valence-electron chi connectivity index (χ1n) is 9.02. The molecule has 2 aliphatic heterocycles. The van der Waals surface area contributed by atoms with Crippen LogP contribution in [0.4, 0.5) is 5.69 Å². The fraction of sp³-hybridized carbons (Fsp3) is 0.400. The van der Waals surface area contributed by atoms with Crippen LogP contribution in [0.15, 0.2) is 46.8 Å². The third kappa shape index (κ3) is 3.37. The van der Waals surface area contributed by atoms with Gasteiger partial charge in [0.15, 0.2) is 5.78 Å². The van der Waals surface area contributed by atoms with Gasteiger partial charge in [0.1, 0.15) is 0 Å². The van der Waals surface area contributed by atoms with Crippen LogP contribution in [0, 0.1) is 10.1 Å². The number of carbonyl (C=O) groups is 2. The lowest BCUT2D eigenvalue weighted by Crippen LogP contribution is -2.34.